The maximum absolute atomic E-state index is 12.6. The summed E-state index contributed by atoms with van der Waals surface area (Å²) in [5, 5.41) is 6.47. The zero-order valence-electron chi connectivity index (χ0n) is 11.6. The fraction of sp³-hybridized carbons (Fsp3) is 0.533. The molecule has 1 saturated carbocycles. The van der Waals surface area contributed by atoms with Gasteiger partial charge in [0.15, 0.2) is 5.96 Å². The molecule has 0 saturated heterocycles. The lowest BCUT2D eigenvalue weighted by molar-refractivity contribution is -0.137. The molecule has 0 atom stereocenters. The first kappa shape index (κ1) is 14.2. The molecule has 0 amide bonds. The van der Waals surface area contributed by atoms with E-state index in [0.29, 0.717) is 6.54 Å². The number of alkyl halides is 3. The van der Waals surface area contributed by atoms with Gasteiger partial charge in [-0.25, -0.2) is 0 Å². The Balaban J connectivity index is 1.66. The van der Waals surface area contributed by atoms with Crippen LogP contribution in [0.4, 0.5) is 13.2 Å². The molecule has 0 aromatic heterocycles. The molecule has 0 radical (unpaired) electrons. The van der Waals surface area contributed by atoms with Crippen molar-refractivity contribution in [1.82, 2.24) is 10.6 Å². The van der Waals surface area contributed by atoms with Gasteiger partial charge in [0.25, 0.3) is 0 Å². The predicted molar refractivity (Wildman–Crippen MR) is 75.3 cm³/mol. The zero-order chi connectivity index (χ0) is 14.9. The summed E-state index contributed by atoms with van der Waals surface area (Å²) in [5.74, 6) is 0.805. The number of nitrogens with one attached hydrogen (secondary N) is 2. The van der Waals surface area contributed by atoms with Crippen molar-refractivity contribution in [3.63, 3.8) is 0 Å². The van der Waals surface area contributed by atoms with Crippen molar-refractivity contribution in [2.45, 2.75) is 30.9 Å². The Kier molecular flexibility index (Phi) is 3.55. The van der Waals surface area contributed by atoms with E-state index in [1.165, 1.54) is 12.1 Å². The molecule has 3 rings (SSSR count). The average molecular weight is 297 g/mol. The van der Waals surface area contributed by atoms with Crippen LogP contribution in [0.3, 0.4) is 0 Å². The number of benzene rings is 1. The van der Waals surface area contributed by atoms with E-state index in [2.05, 4.69) is 15.6 Å². The van der Waals surface area contributed by atoms with Crippen molar-refractivity contribution >= 4 is 5.96 Å². The minimum absolute atomic E-state index is 0.0359. The Morgan fingerprint density at radius 2 is 1.90 bits per heavy atom. The highest BCUT2D eigenvalue weighted by molar-refractivity contribution is 5.80. The molecule has 114 valence electrons. The van der Waals surface area contributed by atoms with E-state index in [0.717, 1.165) is 43.9 Å². The van der Waals surface area contributed by atoms with Gasteiger partial charge in [0.05, 0.1) is 5.56 Å². The van der Waals surface area contributed by atoms with Crippen LogP contribution in [0.25, 0.3) is 0 Å². The van der Waals surface area contributed by atoms with E-state index >= 15 is 0 Å². The molecular formula is C15H18F3N3. The summed E-state index contributed by atoms with van der Waals surface area (Å²) in [5.41, 5.74) is 0.346. The van der Waals surface area contributed by atoms with Gasteiger partial charge in [-0.15, -0.1) is 0 Å². The van der Waals surface area contributed by atoms with Crippen LogP contribution in [0.5, 0.6) is 0 Å². The highest BCUT2D eigenvalue weighted by Crippen LogP contribution is 2.48. The third kappa shape index (κ3) is 3.14. The number of hydrogen-bond donors (Lipinski definition) is 2. The topological polar surface area (TPSA) is 36.4 Å². The van der Waals surface area contributed by atoms with E-state index in [-0.39, 0.29) is 5.41 Å². The molecule has 1 heterocycles. The minimum atomic E-state index is -4.27. The van der Waals surface area contributed by atoms with E-state index in [1.54, 1.807) is 12.1 Å². The average Bonchev–Trinajstić information content (AvgIpc) is 3.27. The molecule has 1 aromatic rings. The maximum Gasteiger partial charge on any atom is 0.416 e. The summed E-state index contributed by atoms with van der Waals surface area (Å²) < 4.78 is 37.8. The van der Waals surface area contributed by atoms with Crippen LogP contribution in [0.2, 0.25) is 0 Å². The number of aliphatic imine (C=N–C) groups is 1. The smallest absolute Gasteiger partial charge is 0.356 e. The first-order chi connectivity index (χ1) is 10.00. The number of rotatable bonds is 3. The number of hydrogen-bond acceptors (Lipinski definition) is 3. The third-order valence-electron chi connectivity index (χ3n) is 4.17. The van der Waals surface area contributed by atoms with Crippen molar-refractivity contribution in [3.8, 4) is 0 Å². The molecule has 1 fully saturated rings. The lowest BCUT2D eigenvalue weighted by Crippen LogP contribution is -2.43. The molecule has 0 spiro atoms. The van der Waals surface area contributed by atoms with E-state index in [1.807, 2.05) is 0 Å². The first-order valence-electron chi connectivity index (χ1n) is 7.20. The van der Waals surface area contributed by atoms with Crippen LogP contribution in [0.15, 0.2) is 29.3 Å². The van der Waals surface area contributed by atoms with Gasteiger partial charge in [-0.2, -0.15) is 13.2 Å². The lowest BCUT2D eigenvalue weighted by Gasteiger charge is -2.21. The summed E-state index contributed by atoms with van der Waals surface area (Å²) >= 11 is 0. The van der Waals surface area contributed by atoms with Crippen LogP contribution < -0.4 is 10.6 Å². The molecule has 2 aliphatic rings. The third-order valence-corrected chi connectivity index (χ3v) is 4.17. The highest BCUT2D eigenvalue weighted by atomic mass is 19.4. The van der Waals surface area contributed by atoms with Crippen molar-refractivity contribution in [1.29, 1.82) is 0 Å². The minimum Gasteiger partial charge on any atom is -0.356 e. The first-order valence-corrected chi connectivity index (χ1v) is 7.20. The summed E-state index contributed by atoms with van der Waals surface area (Å²) in [6.07, 6.45) is -1.24. The van der Waals surface area contributed by atoms with Crippen molar-refractivity contribution in [3.05, 3.63) is 35.4 Å². The van der Waals surface area contributed by atoms with E-state index in [9.17, 15) is 13.2 Å². The Hall–Kier alpha value is -1.72. The van der Waals surface area contributed by atoms with Crippen LogP contribution in [-0.2, 0) is 11.6 Å². The summed E-state index contributed by atoms with van der Waals surface area (Å²) in [6, 6.07) is 5.55. The van der Waals surface area contributed by atoms with Crippen LogP contribution in [-0.4, -0.2) is 25.6 Å². The van der Waals surface area contributed by atoms with Gasteiger partial charge < -0.3 is 10.6 Å². The quantitative estimate of drug-likeness (QED) is 0.900. The molecular weight excluding hydrogens is 279 g/mol. The molecule has 1 aliphatic carbocycles. The second kappa shape index (κ2) is 5.24. The Morgan fingerprint density at radius 1 is 1.19 bits per heavy atom. The molecule has 6 heteroatoms. The molecule has 0 bridgehead atoms. The molecule has 1 aliphatic heterocycles. The molecule has 2 N–H and O–H groups in total. The fourth-order valence-corrected chi connectivity index (χ4v) is 2.64. The normalized spacial score (nSPS) is 20.4. The summed E-state index contributed by atoms with van der Waals surface area (Å²) in [7, 11) is 0. The lowest BCUT2D eigenvalue weighted by atomic mass is 9.95. The van der Waals surface area contributed by atoms with Gasteiger partial charge in [0, 0.05) is 25.0 Å². The van der Waals surface area contributed by atoms with Crippen LogP contribution in [0, 0.1) is 0 Å². The Bertz CT molecular complexity index is 530. The number of guanidine groups is 1. The van der Waals surface area contributed by atoms with Crippen LogP contribution in [0.1, 0.15) is 30.4 Å². The predicted octanol–water partition coefficient (Wildman–Crippen LogP) is 2.68. The summed E-state index contributed by atoms with van der Waals surface area (Å²) in [6.45, 7) is 2.45. The zero-order valence-corrected chi connectivity index (χ0v) is 11.6. The monoisotopic (exact) mass is 297 g/mol. The second-order valence-corrected chi connectivity index (χ2v) is 5.72. The largest absolute Gasteiger partial charge is 0.416 e. The van der Waals surface area contributed by atoms with Crippen molar-refractivity contribution in [2.24, 2.45) is 4.99 Å². The van der Waals surface area contributed by atoms with Gasteiger partial charge in [-0.1, -0.05) is 12.1 Å². The van der Waals surface area contributed by atoms with Crippen LogP contribution >= 0.6 is 0 Å². The standard InChI is InChI=1S/C15H18F3N3/c16-15(17,18)12-4-2-11(3-5-12)14(6-7-14)10-21-13-19-8-1-9-20-13/h2-5H,1,6-10H2,(H2,19,20,21). The second-order valence-electron chi connectivity index (χ2n) is 5.72. The van der Waals surface area contributed by atoms with Gasteiger partial charge in [0.1, 0.15) is 0 Å². The number of halogens is 3. The summed E-state index contributed by atoms with van der Waals surface area (Å²) in [4.78, 5) is 4.35. The van der Waals surface area contributed by atoms with Gasteiger partial charge in [0.2, 0.25) is 0 Å². The fourth-order valence-electron chi connectivity index (χ4n) is 2.64. The molecule has 0 unspecified atom stereocenters. The molecule has 1 aromatic carbocycles. The molecule has 21 heavy (non-hydrogen) atoms. The van der Waals surface area contributed by atoms with Gasteiger partial charge in [-0.3, -0.25) is 4.99 Å². The maximum atomic E-state index is 12.6. The number of nitrogens with zero attached hydrogens (tertiary/aromatic N) is 1. The Labute approximate surface area is 121 Å². The SMILES string of the molecule is FC(F)(F)c1ccc(C2(CNC3=NCCCN3)CC2)cc1. The van der Waals surface area contributed by atoms with Crippen molar-refractivity contribution in [2.75, 3.05) is 19.6 Å². The van der Waals surface area contributed by atoms with Gasteiger partial charge >= 0.3 is 6.18 Å². The Morgan fingerprint density at radius 3 is 2.43 bits per heavy atom. The molecule has 3 nitrogen and oxygen atoms in total. The highest BCUT2D eigenvalue weighted by Gasteiger charge is 2.44. The van der Waals surface area contributed by atoms with Gasteiger partial charge in [-0.05, 0) is 37.0 Å². The van der Waals surface area contributed by atoms with Crippen molar-refractivity contribution < 1.29 is 13.2 Å². The van der Waals surface area contributed by atoms with E-state index in [4.69, 9.17) is 0 Å². The van der Waals surface area contributed by atoms with E-state index < -0.39 is 11.7 Å².